The van der Waals surface area contributed by atoms with Crippen molar-refractivity contribution in [2.24, 2.45) is 11.8 Å². The number of hydrogen-bond acceptors (Lipinski definition) is 1. The zero-order valence-electron chi connectivity index (χ0n) is 33.9. The molecule has 1 saturated carbocycles. The van der Waals surface area contributed by atoms with E-state index in [4.69, 9.17) is 0 Å². The van der Waals surface area contributed by atoms with Gasteiger partial charge >= 0.3 is 0 Å². The summed E-state index contributed by atoms with van der Waals surface area (Å²) in [6.45, 7) is 4.83. The highest BCUT2D eigenvalue weighted by Gasteiger charge is 2.52. The summed E-state index contributed by atoms with van der Waals surface area (Å²) in [7, 11) is 0. The molecule has 0 radical (unpaired) electrons. The van der Waals surface area contributed by atoms with Gasteiger partial charge in [-0.1, -0.05) is 148 Å². The summed E-state index contributed by atoms with van der Waals surface area (Å²) in [6, 6.07) is 72.0. The minimum atomic E-state index is 0.0954. The van der Waals surface area contributed by atoms with E-state index in [0.29, 0.717) is 11.8 Å². The number of para-hydroxylation sites is 2. The lowest BCUT2D eigenvalue weighted by molar-refractivity contribution is 0.355. The molecule has 0 saturated heterocycles. The summed E-state index contributed by atoms with van der Waals surface area (Å²) in [6.07, 6.45) is 5.03. The zero-order chi connectivity index (χ0) is 39.5. The third kappa shape index (κ3) is 5.76. The molecular weight excluding hydrogens is 713 g/mol. The molecule has 1 spiro atoms. The summed E-state index contributed by atoms with van der Waals surface area (Å²) in [4.78, 5) is 2.45. The summed E-state index contributed by atoms with van der Waals surface area (Å²) >= 11 is 0. The summed E-state index contributed by atoms with van der Waals surface area (Å²) in [5.74, 6) is 1.38. The van der Waals surface area contributed by atoms with E-state index in [-0.39, 0.29) is 5.41 Å². The molecule has 2 aliphatic rings. The van der Waals surface area contributed by atoms with Gasteiger partial charge in [-0.25, -0.2) is 0 Å². The van der Waals surface area contributed by atoms with Gasteiger partial charge in [-0.15, -0.1) is 0 Å². The molecule has 1 aromatic heterocycles. The molecule has 8 aromatic carbocycles. The lowest BCUT2D eigenvalue weighted by Gasteiger charge is -2.34. The fourth-order valence-corrected chi connectivity index (χ4v) is 11.1. The van der Waals surface area contributed by atoms with Gasteiger partial charge in [0.15, 0.2) is 0 Å². The van der Waals surface area contributed by atoms with E-state index in [1.54, 1.807) is 5.56 Å². The van der Waals surface area contributed by atoms with E-state index in [0.717, 1.165) is 11.4 Å². The second-order valence-electron chi connectivity index (χ2n) is 17.0. The fourth-order valence-electron chi connectivity index (χ4n) is 11.1. The third-order valence-corrected chi connectivity index (χ3v) is 13.5. The number of benzene rings is 8. The normalized spacial score (nSPS) is 18.1. The standard InChI is InChI=1S/C57H48N2/c1-3-14-44-35-39(2)38-57(44)53-21-12-10-19-49(53)51-37-48(32-33-54(51)57)58(46-28-23-41(24-29-46)40-15-6-4-7-16-40)47-30-25-42(26-31-47)43-27-34-56-52(36-43)50-20-11-13-22-55(50)59(56)45-17-8-5-9-18-45/h4-13,15-34,36-37,39,44H,3,14,35,38H2,1-2H3. The Balaban J connectivity index is 1.02. The van der Waals surface area contributed by atoms with Crippen molar-refractivity contribution < 1.29 is 0 Å². The van der Waals surface area contributed by atoms with Crippen LogP contribution in [0.1, 0.15) is 50.7 Å². The monoisotopic (exact) mass is 760 g/mol. The van der Waals surface area contributed by atoms with E-state index >= 15 is 0 Å². The van der Waals surface area contributed by atoms with E-state index in [1.807, 2.05) is 0 Å². The van der Waals surface area contributed by atoms with E-state index < -0.39 is 0 Å². The zero-order valence-corrected chi connectivity index (χ0v) is 33.9. The van der Waals surface area contributed by atoms with Gasteiger partial charge in [0.1, 0.15) is 0 Å². The van der Waals surface area contributed by atoms with Crippen LogP contribution in [-0.2, 0) is 5.41 Å². The predicted molar refractivity (Wildman–Crippen MR) is 249 cm³/mol. The molecular formula is C57H48N2. The molecule has 11 rings (SSSR count). The van der Waals surface area contributed by atoms with Crippen LogP contribution in [0.4, 0.5) is 17.1 Å². The Morgan fingerprint density at radius 1 is 0.508 bits per heavy atom. The predicted octanol–water partition coefficient (Wildman–Crippen LogP) is 15.7. The van der Waals surface area contributed by atoms with Gasteiger partial charge < -0.3 is 9.47 Å². The Hall–Kier alpha value is -6.64. The highest BCUT2D eigenvalue weighted by atomic mass is 15.1. The molecule has 3 atom stereocenters. The van der Waals surface area contributed by atoms with E-state index in [2.05, 4.69) is 217 Å². The minimum absolute atomic E-state index is 0.0954. The molecule has 2 heteroatoms. The number of hydrogen-bond donors (Lipinski definition) is 0. The molecule has 0 amide bonds. The first-order valence-electron chi connectivity index (χ1n) is 21.5. The van der Waals surface area contributed by atoms with Gasteiger partial charge in [0, 0.05) is 38.9 Å². The highest BCUT2D eigenvalue weighted by molar-refractivity contribution is 6.10. The summed E-state index contributed by atoms with van der Waals surface area (Å²) < 4.78 is 2.38. The van der Waals surface area contributed by atoms with Crippen molar-refractivity contribution in [2.75, 3.05) is 4.90 Å². The number of fused-ring (bicyclic) bond motifs is 8. The summed E-state index contributed by atoms with van der Waals surface area (Å²) in [5.41, 5.74) is 17.9. The van der Waals surface area contributed by atoms with Gasteiger partial charge in [-0.05, 0) is 142 Å². The van der Waals surface area contributed by atoms with E-state index in [1.165, 1.54) is 97.8 Å². The molecule has 1 fully saturated rings. The Labute approximate surface area is 348 Å². The maximum Gasteiger partial charge on any atom is 0.0541 e. The van der Waals surface area contributed by atoms with Crippen LogP contribution in [0, 0.1) is 11.8 Å². The van der Waals surface area contributed by atoms with Crippen LogP contribution in [0.5, 0.6) is 0 Å². The number of rotatable bonds is 8. The minimum Gasteiger partial charge on any atom is -0.310 e. The fraction of sp³-hybridized carbons (Fsp3) is 0.158. The van der Waals surface area contributed by atoms with Gasteiger partial charge in [0.25, 0.3) is 0 Å². The second-order valence-corrected chi connectivity index (χ2v) is 17.0. The van der Waals surface area contributed by atoms with Crippen LogP contribution in [-0.4, -0.2) is 4.57 Å². The van der Waals surface area contributed by atoms with Gasteiger partial charge in [0.05, 0.1) is 11.0 Å². The molecule has 3 unspecified atom stereocenters. The lowest BCUT2D eigenvalue weighted by atomic mass is 9.69. The highest BCUT2D eigenvalue weighted by Crippen LogP contribution is 2.62. The Bertz CT molecular complexity index is 2960. The van der Waals surface area contributed by atoms with Crippen LogP contribution in [0.25, 0.3) is 60.9 Å². The third-order valence-electron chi connectivity index (χ3n) is 13.5. The van der Waals surface area contributed by atoms with Crippen molar-refractivity contribution >= 4 is 38.9 Å². The molecule has 2 nitrogen and oxygen atoms in total. The van der Waals surface area contributed by atoms with Gasteiger partial charge in [-0.2, -0.15) is 0 Å². The maximum absolute atomic E-state index is 2.49. The average molecular weight is 761 g/mol. The molecule has 0 N–H and O–H groups in total. The van der Waals surface area contributed by atoms with Crippen molar-refractivity contribution in [3.63, 3.8) is 0 Å². The van der Waals surface area contributed by atoms with Crippen LogP contribution in [0.2, 0.25) is 0 Å². The van der Waals surface area contributed by atoms with Crippen molar-refractivity contribution in [3.05, 3.63) is 205 Å². The number of nitrogens with zero attached hydrogens (tertiary/aromatic N) is 2. The first kappa shape index (κ1) is 35.5. The van der Waals surface area contributed by atoms with Crippen LogP contribution in [0.3, 0.4) is 0 Å². The van der Waals surface area contributed by atoms with Crippen molar-refractivity contribution in [1.29, 1.82) is 0 Å². The first-order chi connectivity index (χ1) is 29.1. The number of aromatic nitrogens is 1. The molecule has 59 heavy (non-hydrogen) atoms. The SMILES string of the molecule is CCCC1CC(C)CC12c1ccccc1-c1cc(N(c3ccc(-c4ccccc4)cc3)c3ccc(-c4ccc5c(c4)c4ccccc4n5-c4ccccc4)cc3)ccc12. The van der Waals surface area contributed by atoms with Crippen LogP contribution in [0.15, 0.2) is 194 Å². The largest absolute Gasteiger partial charge is 0.310 e. The van der Waals surface area contributed by atoms with Crippen LogP contribution >= 0.6 is 0 Å². The Morgan fingerprint density at radius 2 is 1.08 bits per heavy atom. The molecule has 1 heterocycles. The average Bonchev–Trinajstić information content (AvgIpc) is 3.91. The quantitative estimate of drug-likeness (QED) is 0.150. The lowest BCUT2D eigenvalue weighted by Crippen LogP contribution is -2.30. The number of anilines is 3. The Morgan fingerprint density at radius 3 is 1.83 bits per heavy atom. The van der Waals surface area contributed by atoms with Gasteiger partial charge in [-0.3, -0.25) is 0 Å². The van der Waals surface area contributed by atoms with Crippen molar-refractivity contribution in [3.8, 4) is 39.1 Å². The molecule has 2 aliphatic carbocycles. The molecule has 9 aromatic rings. The topological polar surface area (TPSA) is 8.17 Å². The smallest absolute Gasteiger partial charge is 0.0541 e. The van der Waals surface area contributed by atoms with Gasteiger partial charge in [0.2, 0.25) is 0 Å². The van der Waals surface area contributed by atoms with Crippen molar-refractivity contribution in [1.82, 2.24) is 4.57 Å². The van der Waals surface area contributed by atoms with E-state index in [9.17, 15) is 0 Å². The second kappa shape index (κ2) is 14.3. The molecule has 0 bridgehead atoms. The Kier molecular flexibility index (Phi) is 8.62. The first-order valence-corrected chi connectivity index (χ1v) is 21.5. The maximum atomic E-state index is 2.49. The summed E-state index contributed by atoms with van der Waals surface area (Å²) in [5, 5.41) is 2.53. The van der Waals surface area contributed by atoms with Crippen LogP contribution < -0.4 is 4.90 Å². The molecule has 0 aliphatic heterocycles. The molecule has 286 valence electrons. The van der Waals surface area contributed by atoms with Crippen molar-refractivity contribution in [2.45, 2.75) is 44.9 Å².